The van der Waals surface area contributed by atoms with Crippen LogP contribution < -0.4 is 5.73 Å². The third-order valence-corrected chi connectivity index (χ3v) is 3.17. The van der Waals surface area contributed by atoms with Crippen molar-refractivity contribution in [2.75, 3.05) is 6.54 Å². The van der Waals surface area contributed by atoms with E-state index in [0.29, 0.717) is 29.5 Å². The molecule has 1 aromatic carbocycles. The fraction of sp³-hybridized carbons (Fsp3) is 0.462. The van der Waals surface area contributed by atoms with E-state index in [1.54, 1.807) is 6.07 Å². The molecule has 0 bridgehead atoms. The van der Waals surface area contributed by atoms with Gasteiger partial charge in [-0.3, -0.25) is 4.79 Å². The third-order valence-electron chi connectivity index (χ3n) is 2.76. The Labute approximate surface area is 102 Å². The lowest BCUT2D eigenvalue weighted by Gasteiger charge is -2.07. The number of Topliss-reactive ketones (excluding diaryl/α,β-unsaturated/α-hetero) is 1. The van der Waals surface area contributed by atoms with Crippen molar-refractivity contribution in [1.82, 2.24) is 0 Å². The van der Waals surface area contributed by atoms with Crippen LogP contribution in [0.5, 0.6) is 0 Å². The minimum Gasteiger partial charge on any atom is -0.330 e. The van der Waals surface area contributed by atoms with Crippen molar-refractivity contribution in [1.29, 1.82) is 0 Å². The molecule has 3 heteroatoms. The minimum absolute atomic E-state index is 0.141. The van der Waals surface area contributed by atoms with Crippen LogP contribution in [0.1, 0.15) is 35.7 Å². The lowest BCUT2D eigenvalue weighted by atomic mass is 9.99. The Kier molecular flexibility index (Phi) is 4.97. The normalized spacial score (nSPS) is 12.5. The molecule has 1 rings (SSSR count). The highest BCUT2D eigenvalue weighted by Gasteiger charge is 2.09. The monoisotopic (exact) mass is 239 g/mol. The van der Waals surface area contributed by atoms with Gasteiger partial charge >= 0.3 is 0 Å². The fourth-order valence-corrected chi connectivity index (χ4v) is 1.59. The predicted octanol–water partition coefficient (Wildman–Crippen LogP) is 3.21. The molecule has 1 aromatic rings. The summed E-state index contributed by atoms with van der Waals surface area (Å²) in [6.45, 7) is 4.60. The zero-order valence-electron chi connectivity index (χ0n) is 9.79. The van der Waals surface area contributed by atoms with Crippen molar-refractivity contribution in [2.24, 2.45) is 11.7 Å². The van der Waals surface area contributed by atoms with Crippen LogP contribution in [0.25, 0.3) is 0 Å². The number of hydrogen-bond donors (Lipinski definition) is 1. The topological polar surface area (TPSA) is 43.1 Å². The molecule has 0 amide bonds. The maximum atomic E-state index is 11.8. The molecule has 1 atom stereocenters. The molecule has 0 fully saturated rings. The first-order valence-electron chi connectivity index (χ1n) is 5.54. The van der Waals surface area contributed by atoms with Crippen molar-refractivity contribution < 1.29 is 4.79 Å². The lowest BCUT2D eigenvalue weighted by molar-refractivity contribution is 0.0975. The zero-order valence-corrected chi connectivity index (χ0v) is 10.6. The van der Waals surface area contributed by atoms with Gasteiger partial charge in [0.25, 0.3) is 0 Å². The van der Waals surface area contributed by atoms with Gasteiger partial charge in [0.2, 0.25) is 0 Å². The van der Waals surface area contributed by atoms with Crippen LogP contribution in [-0.4, -0.2) is 12.3 Å². The molecule has 0 saturated heterocycles. The van der Waals surface area contributed by atoms with Gasteiger partial charge in [0.15, 0.2) is 5.78 Å². The average molecular weight is 240 g/mol. The Morgan fingerprint density at radius 2 is 2.19 bits per heavy atom. The first-order chi connectivity index (χ1) is 7.54. The van der Waals surface area contributed by atoms with E-state index in [4.69, 9.17) is 17.3 Å². The predicted molar refractivity (Wildman–Crippen MR) is 68.0 cm³/mol. The number of carbonyl (C=O) groups is 1. The number of carbonyl (C=O) groups excluding carboxylic acids is 1. The van der Waals surface area contributed by atoms with E-state index >= 15 is 0 Å². The van der Waals surface area contributed by atoms with Gasteiger partial charge in [0, 0.05) is 17.0 Å². The van der Waals surface area contributed by atoms with E-state index in [2.05, 4.69) is 6.92 Å². The van der Waals surface area contributed by atoms with Crippen LogP contribution in [0.15, 0.2) is 18.2 Å². The van der Waals surface area contributed by atoms with E-state index < -0.39 is 0 Å². The van der Waals surface area contributed by atoms with Crippen molar-refractivity contribution >= 4 is 17.4 Å². The summed E-state index contributed by atoms with van der Waals surface area (Å²) in [6.07, 6.45) is 1.37. The van der Waals surface area contributed by atoms with Crippen LogP contribution in [-0.2, 0) is 0 Å². The van der Waals surface area contributed by atoms with Gasteiger partial charge in [-0.15, -0.1) is 0 Å². The Hall–Kier alpha value is -0.860. The maximum absolute atomic E-state index is 11.8. The molecule has 0 aliphatic carbocycles. The number of aryl methyl sites for hydroxylation is 1. The van der Waals surface area contributed by atoms with Crippen LogP contribution >= 0.6 is 11.6 Å². The van der Waals surface area contributed by atoms with E-state index in [0.717, 1.165) is 12.0 Å². The summed E-state index contributed by atoms with van der Waals surface area (Å²) in [5.41, 5.74) is 7.20. The molecule has 0 saturated carbocycles. The summed E-state index contributed by atoms with van der Waals surface area (Å²) in [4.78, 5) is 11.8. The average Bonchev–Trinajstić information content (AvgIpc) is 2.29. The zero-order chi connectivity index (χ0) is 12.1. The molecule has 1 unspecified atom stereocenters. The van der Waals surface area contributed by atoms with Gasteiger partial charge in [-0.1, -0.05) is 30.7 Å². The van der Waals surface area contributed by atoms with E-state index in [9.17, 15) is 4.79 Å². The van der Waals surface area contributed by atoms with Gasteiger partial charge in [0.05, 0.1) is 0 Å². The summed E-state index contributed by atoms with van der Waals surface area (Å²) >= 11 is 5.98. The summed E-state index contributed by atoms with van der Waals surface area (Å²) in [5, 5.41) is 0.651. The van der Waals surface area contributed by atoms with E-state index in [1.807, 2.05) is 19.1 Å². The molecular formula is C13H18ClNO. The quantitative estimate of drug-likeness (QED) is 0.802. The molecule has 16 heavy (non-hydrogen) atoms. The van der Waals surface area contributed by atoms with Crippen molar-refractivity contribution in [2.45, 2.75) is 26.7 Å². The second-order valence-corrected chi connectivity index (χ2v) is 4.67. The minimum atomic E-state index is 0.141. The van der Waals surface area contributed by atoms with Gasteiger partial charge in [0.1, 0.15) is 0 Å². The van der Waals surface area contributed by atoms with Crippen LogP contribution in [0, 0.1) is 12.8 Å². The highest BCUT2D eigenvalue weighted by Crippen LogP contribution is 2.18. The van der Waals surface area contributed by atoms with Crippen molar-refractivity contribution in [3.8, 4) is 0 Å². The van der Waals surface area contributed by atoms with Gasteiger partial charge < -0.3 is 5.73 Å². The third kappa shape index (κ3) is 3.62. The van der Waals surface area contributed by atoms with Gasteiger partial charge in [-0.2, -0.15) is 0 Å². The molecule has 0 heterocycles. The summed E-state index contributed by atoms with van der Waals surface area (Å²) < 4.78 is 0. The Morgan fingerprint density at radius 1 is 1.50 bits per heavy atom. The van der Waals surface area contributed by atoms with Crippen molar-refractivity contribution in [3.63, 3.8) is 0 Å². The highest BCUT2D eigenvalue weighted by atomic mass is 35.5. The van der Waals surface area contributed by atoms with E-state index in [-0.39, 0.29) is 5.78 Å². The second-order valence-electron chi connectivity index (χ2n) is 4.27. The SMILES string of the molecule is Cc1ccc(C(=O)CCC(C)CN)cc1Cl. The van der Waals surface area contributed by atoms with Crippen LogP contribution in [0.2, 0.25) is 5.02 Å². The maximum Gasteiger partial charge on any atom is 0.162 e. The smallest absolute Gasteiger partial charge is 0.162 e. The molecule has 0 spiro atoms. The molecule has 0 aliphatic heterocycles. The molecule has 2 N–H and O–H groups in total. The summed E-state index contributed by atoms with van der Waals surface area (Å²) in [6, 6.07) is 5.45. The first kappa shape index (κ1) is 13.2. The fourth-order valence-electron chi connectivity index (χ4n) is 1.41. The van der Waals surface area contributed by atoms with E-state index in [1.165, 1.54) is 0 Å². The molecule has 0 radical (unpaired) electrons. The summed E-state index contributed by atoms with van der Waals surface area (Å²) in [5.74, 6) is 0.534. The molecule has 88 valence electrons. The van der Waals surface area contributed by atoms with Crippen LogP contribution in [0.3, 0.4) is 0 Å². The van der Waals surface area contributed by atoms with Crippen molar-refractivity contribution in [3.05, 3.63) is 34.3 Å². The highest BCUT2D eigenvalue weighted by molar-refractivity contribution is 6.31. The first-order valence-corrected chi connectivity index (χ1v) is 5.91. The number of halogens is 1. The number of rotatable bonds is 5. The molecular weight excluding hydrogens is 222 g/mol. The standard InChI is InChI=1S/C13H18ClNO/c1-9(8-15)3-6-13(16)11-5-4-10(2)12(14)7-11/h4-5,7,9H,3,6,8,15H2,1-2H3. The molecule has 0 aliphatic rings. The van der Waals surface area contributed by atoms with Crippen LogP contribution in [0.4, 0.5) is 0 Å². The van der Waals surface area contributed by atoms with Gasteiger partial charge in [-0.25, -0.2) is 0 Å². The Morgan fingerprint density at radius 3 is 2.75 bits per heavy atom. The summed E-state index contributed by atoms with van der Waals surface area (Å²) in [7, 11) is 0. The largest absolute Gasteiger partial charge is 0.330 e. The number of hydrogen-bond acceptors (Lipinski definition) is 2. The molecule has 2 nitrogen and oxygen atoms in total. The lowest BCUT2D eigenvalue weighted by Crippen LogP contribution is -2.12. The number of ketones is 1. The van der Waals surface area contributed by atoms with Gasteiger partial charge in [-0.05, 0) is 37.4 Å². The molecule has 0 aromatic heterocycles. The number of benzene rings is 1. The Balaban J connectivity index is 2.63. The Bertz CT molecular complexity index is 376. The number of nitrogens with two attached hydrogens (primary N) is 1. The second kappa shape index (κ2) is 6.02.